The number of amides is 1. The first-order valence-electron chi connectivity index (χ1n) is 8.74. The number of likely N-dealkylation sites (tertiary alicyclic amines) is 2. The third-order valence-electron chi connectivity index (χ3n) is 4.96. The summed E-state index contributed by atoms with van der Waals surface area (Å²) in [5.41, 5.74) is 0.802. The highest BCUT2D eigenvalue weighted by Gasteiger charge is 2.49. The summed E-state index contributed by atoms with van der Waals surface area (Å²) in [7, 11) is 0. The summed E-state index contributed by atoms with van der Waals surface area (Å²) in [4.78, 5) is 16.6. The Labute approximate surface area is 144 Å². The average Bonchev–Trinajstić information content (AvgIpc) is 3.03. The quantitative estimate of drug-likeness (QED) is 0.923. The number of ether oxygens (including phenoxy) is 1. The zero-order valence-electron chi connectivity index (χ0n) is 14.8. The fraction of sp³-hybridized carbons (Fsp3) is 0.632. The number of carbonyl (C=O) groups is 1. The van der Waals surface area contributed by atoms with Crippen molar-refractivity contribution in [3.63, 3.8) is 0 Å². The molecule has 1 aromatic rings. The zero-order chi connectivity index (χ0) is 17.3. The lowest BCUT2D eigenvalue weighted by molar-refractivity contribution is 0.0129. The van der Waals surface area contributed by atoms with Crippen LogP contribution < -0.4 is 0 Å². The van der Waals surface area contributed by atoms with Gasteiger partial charge in [-0.25, -0.2) is 4.79 Å². The topological polar surface area (TPSA) is 53.0 Å². The fourth-order valence-electron chi connectivity index (χ4n) is 3.97. The molecule has 0 bridgehead atoms. The highest BCUT2D eigenvalue weighted by Crippen LogP contribution is 2.37. The summed E-state index contributed by atoms with van der Waals surface area (Å²) in [5.74, 6) is 0.740. The van der Waals surface area contributed by atoms with E-state index < -0.39 is 5.60 Å². The largest absolute Gasteiger partial charge is 0.444 e. The summed E-state index contributed by atoms with van der Waals surface area (Å²) >= 11 is 0. The number of benzene rings is 1. The number of carbonyl (C=O) groups excluding carboxylic acids is 1. The van der Waals surface area contributed by atoms with E-state index in [9.17, 15) is 9.90 Å². The first-order valence-corrected chi connectivity index (χ1v) is 8.74. The minimum atomic E-state index is -0.506. The van der Waals surface area contributed by atoms with E-state index in [-0.39, 0.29) is 18.7 Å². The Bertz CT molecular complexity index is 570. The first-order chi connectivity index (χ1) is 11.4. The van der Waals surface area contributed by atoms with Crippen molar-refractivity contribution in [3.05, 3.63) is 35.9 Å². The van der Waals surface area contributed by atoms with E-state index in [1.807, 2.05) is 26.8 Å². The standard InChI is InChI=1S/C19H28N2O3/c1-19(2,3)24-18(23)21-11-15-10-20(12-16(15)17(21)13-22)9-14-7-5-4-6-8-14/h4-8,15-17,22H,9-13H2,1-3H3. The van der Waals surface area contributed by atoms with Crippen LogP contribution in [0.1, 0.15) is 26.3 Å². The van der Waals surface area contributed by atoms with Crippen LogP contribution in [-0.2, 0) is 11.3 Å². The van der Waals surface area contributed by atoms with Gasteiger partial charge >= 0.3 is 6.09 Å². The predicted octanol–water partition coefficient (Wildman–Crippen LogP) is 2.35. The second-order valence-corrected chi connectivity index (χ2v) is 7.99. The SMILES string of the molecule is CC(C)(C)OC(=O)N1CC2CN(Cc3ccccc3)CC2C1CO. The van der Waals surface area contributed by atoms with Crippen molar-refractivity contribution in [3.8, 4) is 0 Å². The normalized spacial score (nSPS) is 27.3. The smallest absolute Gasteiger partial charge is 0.410 e. The van der Waals surface area contributed by atoms with Crippen LogP contribution in [0.4, 0.5) is 4.79 Å². The molecule has 2 aliphatic rings. The molecule has 0 aromatic heterocycles. The number of nitrogens with zero attached hydrogens (tertiary/aromatic N) is 2. The second kappa shape index (κ2) is 6.73. The molecule has 2 saturated heterocycles. The van der Waals surface area contributed by atoms with Crippen LogP contribution in [0.5, 0.6) is 0 Å². The van der Waals surface area contributed by atoms with Gasteiger partial charge in [0.1, 0.15) is 5.60 Å². The summed E-state index contributed by atoms with van der Waals surface area (Å²) in [5, 5.41) is 9.84. The monoisotopic (exact) mass is 332 g/mol. The molecule has 0 aliphatic carbocycles. The Morgan fingerprint density at radius 3 is 2.54 bits per heavy atom. The van der Waals surface area contributed by atoms with Gasteiger partial charge in [-0.05, 0) is 32.3 Å². The Morgan fingerprint density at radius 2 is 1.92 bits per heavy atom. The minimum absolute atomic E-state index is 0.000410. The van der Waals surface area contributed by atoms with Crippen molar-refractivity contribution in [1.82, 2.24) is 9.80 Å². The van der Waals surface area contributed by atoms with Gasteiger partial charge in [-0.2, -0.15) is 0 Å². The molecule has 1 aromatic carbocycles. The molecule has 132 valence electrons. The number of hydrogen-bond donors (Lipinski definition) is 1. The van der Waals surface area contributed by atoms with Crippen LogP contribution in [0.3, 0.4) is 0 Å². The van der Waals surface area contributed by atoms with E-state index in [2.05, 4.69) is 29.2 Å². The molecule has 1 N–H and O–H groups in total. The van der Waals surface area contributed by atoms with Crippen LogP contribution in [0.15, 0.2) is 30.3 Å². The van der Waals surface area contributed by atoms with Gasteiger partial charge in [0.15, 0.2) is 0 Å². The second-order valence-electron chi connectivity index (χ2n) is 7.99. The van der Waals surface area contributed by atoms with E-state index in [4.69, 9.17) is 4.74 Å². The van der Waals surface area contributed by atoms with Crippen molar-refractivity contribution >= 4 is 6.09 Å². The average molecular weight is 332 g/mol. The number of aliphatic hydroxyl groups is 1. The molecular formula is C19H28N2O3. The molecule has 5 nitrogen and oxygen atoms in total. The summed E-state index contributed by atoms with van der Waals surface area (Å²) in [6.07, 6.45) is -0.300. The lowest BCUT2D eigenvalue weighted by atomic mass is 9.95. The lowest BCUT2D eigenvalue weighted by Gasteiger charge is -2.30. The van der Waals surface area contributed by atoms with Crippen LogP contribution >= 0.6 is 0 Å². The molecule has 3 atom stereocenters. The molecule has 0 saturated carbocycles. The molecule has 5 heteroatoms. The zero-order valence-corrected chi connectivity index (χ0v) is 14.8. The Balaban J connectivity index is 1.62. The molecule has 2 heterocycles. The molecule has 0 spiro atoms. The van der Waals surface area contributed by atoms with Gasteiger partial charge in [0, 0.05) is 32.1 Å². The van der Waals surface area contributed by atoms with E-state index in [1.165, 1.54) is 5.56 Å². The van der Waals surface area contributed by atoms with Crippen molar-refractivity contribution in [2.24, 2.45) is 11.8 Å². The van der Waals surface area contributed by atoms with Gasteiger partial charge in [-0.15, -0.1) is 0 Å². The maximum Gasteiger partial charge on any atom is 0.410 e. The van der Waals surface area contributed by atoms with Crippen LogP contribution in [0.2, 0.25) is 0 Å². The van der Waals surface area contributed by atoms with Crippen LogP contribution in [0.25, 0.3) is 0 Å². The molecule has 2 aliphatic heterocycles. The lowest BCUT2D eigenvalue weighted by Crippen LogP contribution is -2.44. The third kappa shape index (κ3) is 3.73. The van der Waals surface area contributed by atoms with Gasteiger partial charge in [0.25, 0.3) is 0 Å². The van der Waals surface area contributed by atoms with E-state index in [1.54, 1.807) is 4.90 Å². The van der Waals surface area contributed by atoms with Crippen LogP contribution in [0, 0.1) is 11.8 Å². The highest BCUT2D eigenvalue weighted by molar-refractivity contribution is 5.69. The molecular weight excluding hydrogens is 304 g/mol. The van der Waals surface area contributed by atoms with Crippen molar-refractivity contribution in [2.45, 2.75) is 39.0 Å². The molecule has 0 radical (unpaired) electrons. The van der Waals surface area contributed by atoms with Gasteiger partial charge < -0.3 is 14.7 Å². The van der Waals surface area contributed by atoms with Crippen molar-refractivity contribution in [1.29, 1.82) is 0 Å². The maximum atomic E-state index is 12.4. The number of aliphatic hydroxyl groups excluding tert-OH is 1. The Hall–Kier alpha value is -1.59. The Morgan fingerprint density at radius 1 is 1.21 bits per heavy atom. The van der Waals surface area contributed by atoms with Gasteiger partial charge in [-0.3, -0.25) is 4.90 Å². The van der Waals surface area contributed by atoms with E-state index in [0.29, 0.717) is 18.4 Å². The van der Waals surface area contributed by atoms with Gasteiger partial charge in [0.2, 0.25) is 0 Å². The van der Waals surface area contributed by atoms with Gasteiger partial charge in [0.05, 0.1) is 12.6 Å². The number of rotatable bonds is 3. The first kappa shape index (κ1) is 17.2. The van der Waals surface area contributed by atoms with Crippen molar-refractivity contribution < 1.29 is 14.6 Å². The fourth-order valence-corrected chi connectivity index (χ4v) is 3.97. The molecule has 3 rings (SSSR count). The molecule has 2 fully saturated rings. The molecule has 1 amide bonds. The van der Waals surface area contributed by atoms with Gasteiger partial charge in [-0.1, -0.05) is 30.3 Å². The Kier molecular flexibility index (Phi) is 4.83. The maximum absolute atomic E-state index is 12.4. The molecule has 3 unspecified atom stereocenters. The summed E-state index contributed by atoms with van der Waals surface area (Å²) in [6.45, 7) is 9.11. The number of fused-ring (bicyclic) bond motifs is 1. The number of hydrogen-bond acceptors (Lipinski definition) is 4. The summed E-state index contributed by atoms with van der Waals surface area (Å²) < 4.78 is 5.50. The highest BCUT2D eigenvalue weighted by atomic mass is 16.6. The molecule has 24 heavy (non-hydrogen) atoms. The van der Waals surface area contributed by atoms with E-state index in [0.717, 1.165) is 19.6 Å². The van der Waals surface area contributed by atoms with E-state index >= 15 is 0 Å². The minimum Gasteiger partial charge on any atom is -0.444 e. The van der Waals surface area contributed by atoms with Crippen LogP contribution in [-0.4, -0.2) is 58.9 Å². The third-order valence-corrected chi connectivity index (χ3v) is 4.96. The summed E-state index contributed by atoms with van der Waals surface area (Å²) in [6, 6.07) is 10.3. The van der Waals surface area contributed by atoms with Crippen molar-refractivity contribution in [2.75, 3.05) is 26.2 Å². The predicted molar refractivity (Wildman–Crippen MR) is 92.5 cm³/mol.